The van der Waals surface area contributed by atoms with Crippen LogP contribution in [-0.2, 0) is 26.9 Å². The summed E-state index contributed by atoms with van der Waals surface area (Å²) in [7, 11) is -3.27. The zero-order valence-electron chi connectivity index (χ0n) is 14.4. The summed E-state index contributed by atoms with van der Waals surface area (Å²) in [5.74, 6) is -0.271. The van der Waals surface area contributed by atoms with Gasteiger partial charge in [-0.25, -0.2) is 8.42 Å². The number of carbonyl (C=O) groups is 1. The third-order valence-corrected chi connectivity index (χ3v) is 6.15. The molecule has 7 heteroatoms. The maximum Gasteiger partial charge on any atom is 0.246 e. The molecule has 1 N–H and O–H groups in total. The van der Waals surface area contributed by atoms with Gasteiger partial charge in [0.15, 0.2) is 9.84 Å². The maximum atomic E-state index is 12.3. The molecule has 0 atom stereocenters. The Labute approximate surface area is 142 Å². The van der Waals surface area contributed by atoms with E-state index in [-0.39, 0.29) is 18.2 Å². The molecule has 6 nitrogen and oxygen atoms in total. The summed E-state index contributed by atoms with van der Waals surface area (Å²) < 4.78 is 25.3. The van der Waals surface area contributed by atoms with Crippen LogP contribution in [0.4, 0.5) is 5.69 Å². The molecular weight excluding hydrogens is 326 g/mol. The van der Waals surface area contributed by atoms with Crippen molar-refractivity contribution in [2.24, 2.45) is 0 Å². The highest BCUT2D eigenvalue weighted by Crippen LogP contribution is 2.22. The lowest BCUT2D eigenvalue weighted by Gasteiger charge is -2.19. The van der Waals surface area contributed by atoms with Gasteiger partial charge in [-0.1, -0.05) is 12.1 Å². The first-order chi connectivity index (χ1) is 11.1. The minimum atomic E-state index is -3.27. The Morgan fingerprint density at radius 1 is 1.29 bits per heavy atom. The Hall–Kier alpha value is -2.15. The van der Waals surface area contributed by atoms with Crippen molar-refractivity contribution in [1.29, 1.82) is 0 Å². The number of nitrogens with one attached hydrogen (secondary N) is 1. The van der Waals surface area contributed by atoms with Gasteiger partial charge in [-0.2, -0.15) is 5.10 Å². The van der Waals surface area contributed by atoms with Gasteiger partial charge in [0, 0.05) is 11.9 Å². The molecule has 1 heterocycles. The SMILES string of the molecule is Cc1cnn(CC(=O)Nc2cccc(CS(=O)(=O)C(C)(C)C)c2)c1. The Morgan fingerprint density at radius 2 is 2.00 bits per heavy atom. The highest BCUT2D eigenvalue weighted by molar-refractivity contribution is 7.91. The Balaban J connectivity index is 2.06. The number of aromatic nitrogens is 2. The number of benzene rings is 1. The number of aryl methyl sites for hydroxylation is 1. The molecular formula is C17H23N3O3S. The summed E-state index contributed by atoms with van der Waals surface area (Å²) in [4.78, 5) is 12.1. The van der Waals surface area contributed by atoms with Crippen LogP contribution in [0.2, 0.25) is 0 Å². The van der Waals surface area contributed by atoms with E-state index in [9.17, 15) is 13.2 Å². The molecule has 0 radical (unpaired) electrons. The molecule has 0 aliphatic carbocycles. The second kappa shape index (κ2) is 6.76. The molecule has 2 aromatic rings. The van der Waals surface area contributed by atoms with Gasteiger partial charge in [-0.15, -0.1) is 0 Å². The van der Waals surface area contributed by atoms with E-state index in [1.54, 1.807) is 62.1 Å². The van der Waals surface area contributed by atoms with Crippen LogP contribution in [0.25, 0.3) is 0 Å². The molecule has 24 heavy (non-hydrogen) atoms. The molecule has 0 spiro atoms. The largest absolute Gasteiger partial charge is 0.324 e. The molecule has 1 aromatic heterocycles. The quantitative estimate of drug-likeness (QED) is 0.899. The second-order valence-electron chi connectivity index (χ2n) is 6.84. The summed E-state index contributed by atoms with van der Waals surface area (Å²) in [5, 5.41) is 6.84. The van der Waals surface area contributed by atoms with Crippen LogP contribution in [0.5, 0.6) is 0 Å². The van der Waals surface area contributed by atoms with Gasteiger partial charge in [0.1, 0.15) is 6.54 Å². The van der Waals surface area contributed by atoms with E-state index in [2.05, 4.69) is 10.4 Å². The second-order valence-corrected chi connectivity index (χ2v) is 9.58. The van der Waals surface area contributed by atoms with Crippen LogP contribution >= 0.6 is 0 Å². The molecule has 0 bridgehead atoms. The summed E-state index contributed by atoms with van der Waals surface area (Å²) in [6.45, 7) is 7.05. The molecule has 0 unspecified atom stereocenters. The number of rotatable bonds is 5. The van der Waals surface area contributed by atoms with E-state index in [0.717, 1.165) is 5.56 Å². The molecule has 0 saturated carbocycles. The fourth-order valence-corrected chi connectivity index (χ4v) is 3.13. The van der Waals surface area contributed by atoms with E-state index in [4.69, 9.17) is 0 Å². The van der Waals surface area contributed by atoms with Gasteiger partial charge < -0.3 is 5.32 Å². The fourth-order valence-electron chi connectivity index (χ4n) is 2.08. The molecule has 130 valence electrons. The predicted molar refractivity (Wildman–Crippen MR) is 94.4 cm³/mol. The lowest BCUT2D eigenvalue weighted by Crippen LogP contribution is -2.29. The molecule has 1 aromatic carbocycles. The number of anilines is 1. The number of carbonyl (C=O) groups excluding carboxylic acids is 1. The number of hydrogen-bond acceptors (Lipinski definition) is 4. The summed E-state index contributed by atoms with van der Waals surface area (Å²) in [6, 6.07) is 6.91. The Bertz CT molecular complexity index is 833. The van der Waals surface area contributed by atoms with E-state index >= 15 is 0 Å². The number of nitrogens with zero attached hydrogens (tertiary/aromatic N) is 2. The zero-order valence-corrected chi connectivity index (χ0v) is 15.2. The van der Waals surface area contributed by atoms with Gasteiger partial charge in [-0.05, 0) is 51.0 Å². The first kappa shape index (κ1) is 18.2. The fraction of sp³-hybridized carbons (Fsp3) is 0.412. The van der Waals surface area contributed by atoms with Crippen molar-refractivity contribution in [3.8, 4) is 0 Å². The van der Waals surface area contributed by atoms with Crippen molar-refractivity contribution in [2.45, 2.75) is 44.7 Å². The van der Waals surface area contributed by atoms with Crippen molar-refractivity contribution >= 4 is 21.4 Å². The number of amides is 1. The van der Waals surface area contributed by atoms with E-state index in [1.165, 1.54) is 0 Å². The molecule has 0 fully saturated rings. The van der Waals surface area contributed by atoms with E-state index in [1.807, 2.05) is 6.92 Å². The van der Waals surface area contributed by atoms with Crippen molar-refractivity contribution in [3.05, 3.63) is 47.8 Å². The lowest BCUT2D eigenvalue weighted by atomic mass is 10.2. The summed E-state index contributed by atoms with van der Waals surface area (Å²) in [6.07, 6.45) is 3.47. The van der Waals surface area contributed by atoms with Gasteiger partial charge in [-0.3, -0.25) is 9.48 Å². The monoisotopic (exact) mass is 349 g/mol. The van der Waals surface area contributed by atoms with Crippen LogP contribution in [0.1, 0.15) is 31.9 Å². The van der Waals surface area contributed by atoms with Crippen LogP contribution < -0.4 is 5.32 Å². The molecule has 0 saturated heterocycles. The van der Waals surface area contributed by atoms with Crippen molar-refractivity contribution in [3.63, 3.8) is 0 Å². The topological polar surface area (TPSA) is 81.1 Å². The zero-order chi connectivity index (χ0) is 18.0. The third-order valence-electron chi connectivity index (χ3n) is 3.57. The van der Waals surface area contributed by atoms with Crippen molar-refractivity contribution in [1.82, 2.24) is 9.78 Å². The van der Waals surface area contributed by atoms with Crippen LogP contribution in [0.15, 0.2) is 36.7 Å². The third kappa shape index (κ3) is 4.67. The Morgan fingerprint density at radius 3 is 2.58 bits per heavy atom. The van der Waals surface area contributed by atoms with Crippen molar-refractivity contribution < 1.29 is 13.2 Å². The van der Waals surface area contributed by atoms with E-state index in [0.29, 0.717) is 11.3 Å². The lowest BCUT2D eigenvalue weighted by molar-refractivity contribution is -0.116. The highest BCUT2D eigenvalue weighted by Gasteiger charge is 2.28. The number of sulfone groups is 1. The average molecular weight is 349 g/mol. The minimum Gasteiger partial charge on any atom is -0.324 e. The van der Waals surface area contributed by atoms with E-state index < -0.39 is 14.6 Å². The van der Waals surface area contributed by atoms with Gasteiger partial charge in [0.05, 0.1) is 16.7 Å². The average Bonchev–Trinajstić information content (AvgIpc) is 2.82. The smallest absolute Gasteiger partial charge is 0.246 e. The van der Waals surface area contributed by atoms with Crippen LogP contribution in [-0.4, -0.2) is 28.9 Å². The molecule has 0 aliphatic heterocycles. The number of hydrogen-bond donors (Lipinski definition) is 1. The van der Waals surface area contributed by atoms with Crippen LogP contribution in [0, 0.1) is 6.92 Å². The molecule has 2 rings (SSSR count). The standard InChI is InChI=1S/C17H23N3O3S/c1-13-9-18-20(10-13)11-16(21)19-15-7-5-6-14(8-15)12-24(22,23)17(2,3)4/h5-10H,11-12H2,1-4H3,(H,19,21). The van der Waals surface area contributed by atoms with Crippen molar-refractivity contribution in [2.75, 3.05) is 5.32 Å². The highest BCUT2D eigenvalue weighted by atomic mass is 32.2. The van der Waals surface area contributed by atoms with Gasteiger partial charge >= 0.3 is 0 Å². The Kier molecular flexibility index (Phi) is 5.13. The minimum absolute atomic E-state index is 0.0570. The van der Waals surface area contributed by atoms with Gasteiger partial charge in [0.2, 0.25) is 5.91 Å². The van der Waals surface area contributed by atoms with Gasteiger partial charge in [0.25, 0.3) is 0 Å². The first-order valence-corrected chi connectivity index (χ1v) is 9.32. The summed E-state index contributed by atoms with van der Waals surface area (Å²) >= 11 is 0. The molecule has 0 aliphatic rings. The molecule has 1 amide bonds. The summed E-state index contributed by atoms with van der Waals surface area (Å²) in [5.41, 5.74) is 2.21. The maximum absolute atomic E-state index is 12.3. The van der Waals surface area contributed by atoms with Crippen LogP contribution in [0.3, 0.4) is 0 Å². The predicted octanol–water partition coefficient (Wildman–Crippen LogP) is 2.54. The normalized spacial score (nSPS) is 12.2. The first-order valence-electron chi connectivity index (χ1n) is 7.67.